The van der Waals surface area contributed by atoms with Crippen LogP contribution < -0.4 is 10.5 Å². The summed E-state index contributed by atoms with van der Waals surface area (Å²) in [6.45, 7) is 3.68. The Kier molecular flexibility index (Phi) is 5.17. The van der Waals surface area contributed by atoms with Crippen molar-refractivity contribution in [3.8, 4) is 5.75 Å². The van der Waals surface area contributed by atoms with Gasteiger partial charge < -0.3 is 15.2 Å². The molecule has 1 aromatic rings. The molecule has 0 aromatic heterocycles. The molecule has 0 aliphatic rings. The topological polar surface area (TPSA) is 78.6 Å². The normalized spacial score (nSPS) is 11.7. The van der Waals surface area contributed by atoms with E-state index in [1.54, 1.807) is 38.1 Å². The van der Waals surface area contributed by atoms with Crippen molar-refractivity contribution in [3.63, 3.8) is 0 Å². The van der Waals surface area contributed by atoms with Crippen molar-refractivity contribution in [1.82, 2.24) is 0 Å². The molecule has 0 radical (unpaired) electrons. The number of rotatable bonds is 6. The molecular formula is C13H17NO4. The second-order valence-electron chi connectivity index (χ2n) is 3.80. The molecule has 0 saturated carbocycles. The maximum atomic E-state index is 11.4. The summed E-state index contributed by atoms with van der Waals surface area (Å²) < 4.78 is 10.2. The van der Waals surface area contributed by atoms with Crippen LogP contribution in [0.15, 0.2) is 24.3 Å². The zero-order valence-electron chi connectivity index (χ0n) is 10.5. The summed E-state index contributed by atoms with van der Waals surface area (Å²) in [5.74, 6) is -0.244. The molecule has 0 saturated heterocycles. The summed E-state index contributed by atoms with van der Waals surface area (Å²) in [7, 11) is 0. The molecule has 1 atom stereocenters. The Morgan fingerprint density at radius 1 is 1.28 bits per heavy atom. The van der Waals surface area contributed by atoms with E-state index in [4.69, 9.17) is 15.2 Å². The number of nitrogens with two attached hydrogens (primary N) is 1. The van der Waals surface area contributed by atoms with Gasteiger partial charge in [-0.3, -0.25) is 4.79 Å². The first kappa shape index (κ1) is 14.0. The number of carbonyl (C=O) groups excluding carboxylic acids is 2. The predicted octanol–water partition coefficient (Wildman–Crippen LogP) is 1.04. The van der Waals surface area contributed by atoms with Crippen LogP contribution >= 0.6 is 0 Å². The zero-order chi connectivity index (χ0) is 13.5. The van der Waals surface area contributed by atoms with Crippen LogP contribution in [0, 0.1) is 0 Å². The second kappa shape index (κ2) is 6.64. The van der Waals surface area contributed by atoms with Gasteiger partial charge in [0.1, 0.15) is 5.75 Å². The first-order valence-corrected chi connectivity index (χ1v) is 5.73. The smallest absolute Gasteiger partial charge is 0.347 e. The third-order valence-corrected chi connectivity index (χ3v) is 2.23. The minimum absolute atomic E-state index is 0.188. The van der Waals surface area contributed by atoms with Gasteiger partial charge in [-0.1, -0.05) is 12.1 Å². The molecule has 1 amide bonds. The summed E-state index contributed by atoms with van der Waals surface area (Å²) in [6.07, 6.45) is -0.472. The fraction of sp³-hybridized carbons (Fsp3) is 0.385. The largest absolute Gasteiger partial charge is 0.479 e. The molecule has 1 aromatic carbocycles. The number of ether oxygens (including phenoxy) is 2. The van der Waals surface area contributed by atoms with E-state index in [0.29, 0.717) is 12.4 Å². The van der Waals surface area contributed by atoms with E-state index in [-0.39, 0.29) is 12.3 Å². The molecule has 5 nitrogen and oxygen atoms in total. The molecule has 1 unspecified atom stereocenters. The highest BCUT2D eigenvalue weighted by molar-refractivity contribution is 5.76. The van der Waals surface area contributed by atoms with Crippen LogP contribution in [0.25, 0.3) is 0 Å². The van der Waals surface area contributed by atoms with E-state index in [2.05, 4.69) is 0 Å². The van der Waals surface area contributed by atoms with Gasteiger partial charge in [0.25, 0.3) is 0 Å². The van der Waals surface area contributed by atoms with E-state index in [9.17, 15) is 9.59 Å². The molecule has 0 fully saturated rings. The Morgan fingerprint density at radius 2 is 1.89 bits per heavy atom. The lowest BCUT2D eigenvalue weighted by atomic mass is 10.1. The molecule has 1 rings (SSSR count). The van der Waals surface area contributed by atoms with Crippen molar-refractivity contribution in [3.05, 3.63) is 29.8 Å². The average Bonchev–Trinajstić information content (AvgIpc) is 2.31. The molecule has 18 heavy (non-hydrogen) atoms. The molecule has 0 spiro atoms. The van der Waals surface area contributed by atoms with E-state index < -0.39 is 12.1 Å². The highest BCUT2D eigenvalue weighted by Crippen LogP contribution is 2.14. The summed E-state index contributed by atoms with van der Waals surface area (Å²) in [5.41, 5.74) is 5.89. The molecular weight excluding hydrogens is 234 g/mol. The highest BCUT2D eigenvalue weighted by Gasteiger charge is 2.15. The van der Waals surface area contributed by atoms with Crippen molar-refractivity contribution in [2.24, 2.45) is 5.73 Å². The van der Waals surface area contributed by atoms with Gasteiger partial charge in [-0.05, 0) is 31.5 Å². The Morgan fingerprint density at radius 3 is 2.39 bits per heavy atom. The molecule has 0 bridgehead atoms. The van der Waals surface area contributed by atoms with Crippen LogP contribution in [0.1, 0.15) is 19.4 Å². The first-order chi connectivity index (χ1) is 8.52. The van der Waals surface area contributed by atoms with Crippen molar-refractivity contribution >= 4 is 11.9 Å². The van der Waals surface area contributed by atoms with Gasteiger partial charge in [-0.2, -0.15) is 0 Å². The Labute approximate surface area is 106 Å². The van der Waals surface area contributed by atoms with Crippen LogP contribution in [0.2, 0.25) is 0 Å². The fourth-order valence-corrected chi connectivity index (χ4v) is 1.40. The Balaban J connectivity index is 2.58. The second-order valence-corrected chi connectivity index (χ2v) is 3.80. The van der Waals surface area contributed by atoms with E-state index in [1.807, 2.05) is 0 Å². The van der Waals surface area contributed by atoms with Gasteiger partial charge in [0.05, 0.1) is 13.0 Å². The monoisotopic (exact) mass is 251 g/mol. The highest BCUT2D eigenvalue weighted by atomic mass is 16.6. The lowest BCUT2D eigenvalue weighted by Gasteiger charge is -2.13. The average molecular weight is 251 g/mol. The predicted molar refractivity (Wildman–Crippen MR) is 66.1 cm³/mol. The number of esters is 1. The van der Waals surface area contributed by atoms with Crippen molar-refractivity contribution in [2.45, 2.75) is 26.4 Å². The third kappa shape index (κ3) is 4.45. The minimum atomic E-state index is -0.660. The van der Waals surface area contributed by atoms with Gasteiger partial charge in [0, 0.05) is 0 Å². The van der Waals surface area contributed by atoms with Gasteiger partial charge >= 0.3 is 5.97 Å². The lowest BCUT2D eigenvalue weighted by molar-refractivity contribution is -0.150. The summed E-state index contributed by atoms with van der Waals surface area (Å²) in [5, 5.41) is 0. The van der Waals surface area contributed by atoms with Crippen molar-refractivity contribution < 1.29 is 19.1 Å². The first-order valence-electron chi connectivity index (χ1n) is 5.73. The van der Waals surface area contributed by atoms with Crippen LogP contribution in [0.3, 0.4) is 0 Å². The molecule has 0 aliphatic carbocycles. The fourth-order valence-electron chi connectivity index (χ4n) is 1.40. The molecule has 5 heteroatoms. The molecule has 0 aliphatic heterocycles. The van der Waals surface area contributed by atoms with Gasteiger partial charge in [-0.15, -0.1) is 0 Å². The van der Waals surface area contributed by atoms with Crippen LogP contribution in [0.5, 0.6) is 5.75 Å². The summed E-state index contributed by atoms with van der Waals surface area (Å²) >= 11 is 0. The van der Waals surface area contributed by atoms with E-state index in [1.165, 1.54) is 0 Å². The maximum Gasteiger partial charge on any atom is 0.347 e. The van der Waals surface area contributed by atoms with Crippen molar-refractivity contribution in [2.75, 3.05) is 6.61 Å². The van der Waals surface area contributed by atoms with Gasteiger partial charge in [0.2, 0.25) is 5.91 Å². The number of hydrogen-bond donors (Lipinski definition) is 1. The number of amides is 1. The third-order valence-electron chi connectivity index (χ3n) is 2.23. The van der Waals surface area contributed by atoms with Crippen molar-refractivity contribution in [1.29, 1.82) is 0 Å². The van der Waals surface area contributed by atoms with Gasteiger partial charge in [-0.25, -0.2) is 4.79 Å². The van der Waals surface area contributed by atoms with E-state index in [0.717, 1.165) is 5.56 Å². The van der Waals surface area contributed by atoms with Crippen LogP contribution in [0.4, 0.5) is 0 Å². The maximum absolute atomic E-state index is 11.4. The SMILES string of the molecule is CCOC(=O)C(C)Oc1ccc(CC(N)=O)cc1. The Hall–Kier alpha value is -2.04. The quantitative estimate of drug-likeness (QED) is 0.766. The van der Waals surface area contributed by atoms with Gasteiger partial charge in [0.15, 0.2) is 6.10 Å². The number of primary amides is 1. The number of hydrogen-bond acceptors (Lipinski definition) is 4. The zero-order valence-corrected chi connectivity index (χ0v) is 10.5. The van der Waals surface area contributed by atoms with E-state index >= 15 is 0 Å². The number of carbonyl (C=O) groups is 2. The minimum Gasteiger partial charge on any atom is -0.479 e. The van der Waals surface area contributed by atoms with Crippen LogP contribution in [-0.4, -0.2) is 24.6 Å². The molecule has 0 heterocycles. The lowest BCUT2D eigenvalue weighted by Crippen LogP contribution is -2.26. The Bertz CT molecular complexity index is 414. The number of benzene rings is 1. The summed E-state index contributed by atoms with van der Waals surface area (Å²) in [6, 6.07) is 6.85. The summed E-state index contributed by atoms with van der Waals surface area (Å²) in [4.78, 5) is 22.1. The molecule has 2 N–H and O–H groups in total. The van der Waals surface area contributed by atoms with Crippen LogP contribution in [-0.2, 0) is 20.7 Å². The molecule has 98 valence electrons. The standard InChI is InChI=1S/C13H17NO4/c1-3-17-13(16)9(2)18-11-6-4-10(5-7-11)8-12(14)15/h4-7,9H,3,8H2,1-2H3,(H2,14,15).